The van der Waals surface area contributed by atoms with Gasteiger partial charge in [-0.25, -0.2) is 0 Å². The Bertz CT molecular complexity index is 391. The summed E-state index contributed by atoms with van der Waals surface area (Å²) >= 11 is 0. The molecule has 1 aromatic rings. The third-order valence-corrected chi connectivity index (χ3v) is 1.83. The van der Waals surface area contributed by atoms with E-state index in [1.807, 2.05) is 32.3 Å². The first-order valence-corrected chi connectivity index (χ1v) is 4.93. The number of nitrogens with two attached hydrogens (primary N) is 2. The molecule has 5 heteroatoms. The summed E-state index contributed by atoms with van der Waals surface area (Å²) in [7, 11) is 4.06. The zero-order valence-corrected chi connectivity index (χ0v) is 9.59. The van der Waals surface area contributed by atoms with Crippen molar-refractivity contribution in [1.82, 2.24) is 4.90 Å². The summed E-state index contributed by atoms with van der Waals surface area (Å²) in [6.45, 7) is 0.893. The van der Waals surface area contributed by atoms with Crippen molar-refractivity contribution in [2.75, 3.05) is 14.1 Å². The Balaban J connectivity index is 2.74. The lowest BCUT2D eigenvalue weighted by molar-refractivity contribution is 0.402. The van der Waals surface area contributed by atoms with Crippen molar-refractivity contribution < 1.29 is 0 Å². The highest BCUT2D eigenvalue weighted by molar-refractivity contribution is 5.81. The van der Waals surface area contributed by atoms with E-state index in [2.05, 4.69) is 21.2 Å². The van der Waals surface area contributed by atoms with Gasteiger partial charge in [0.15, 0.2) is 0 Å². The van der Waals surface area contributed by atoms with Crippen LogP contribution in [0.5, 0.6) is 0 Å². The molecule has 0 atom stereocenters. The fraction of sp³-hybridized carbons (Fsp3) is 0.273. The predicted octanol–water partition coefficient (Wildman–Crippen LogP) is 0.356. The second kappa shape index (κ2) is 5.87. The Kier molecular flexibility index (Phi) is 4.47. The Morgan fingerprint density at radius 3 is 2.75 bits per heavy atom. The van der Waals surface area contributed by atoms with Gasteiger partial charge in [-0.2, -0.15) is 5.10 Å². The lowest BCUT2D eigenvalue weighted by Gasteiger charge is -2.09. The van der Waals surface area contributed by atoms with Gasteiger partial charge in [0.2, 0.25) is 5.96 Å². The van der Waals surface area contributed by atoms with Crippen LogP contribution in [0.3, 0.4) is 0 Å². The quantitative estimate of drug-likeness (QED) is 0.436. The maximum Gasteiger partial charge on any atom is 0.211 e. The van der Waals surface area contributed by atoms with Crippen molar-refractivity contribution in [3.05, 3.63) is 35.4 Å². The second-order valence-corrected chi connectivity index (χ2v) is 3.75. The van der Waals surface area contributed by atoms with Crippen LogP contribution in [-0.4, -0.2) is 31.2 Å². The van der Waals surface area contributed by atoms with Gasteiger partial charge in [0.05, 0.1) is 6.21 Å². The van der Waals surface area contributed by atoms with Crippen LogP contribution < -0.4 is 11.5 Å². The molecular formula is C11H17N5. The van der Waals surface area contributed by atoms with E-state index in [0.717, 1.165) is 12.1 Å². The monoisotopic (exact) mass is 219 g/mol. The zero-order chi connectivity index (χ0) is 12.0. The van der Waals surface area contributed by atoms with E-state index < -0.39 is 0 Å². The standard InChI is InChI=1S/C11H17N5/c1-16(2)8-10-5-3-4-9(6-10)7-14-15-11(12)13/h3-7H,8H2,1-2H3,(H4,12,13,15). The molecule has 5 nitrogen and oxygen atoms in total. The number of rotatable bonds is 4. The number of benzene rings is 1. The van der Waals surface area contributed by atoms with Gasteiger partial charge >= 0.3 is 0 Å². The summed E-state index contributed by atoms with van der Waals surface area (Å²) in [6.07, 6.45) is 1.62. The first kappa shape index (κ1) is 12.2. The minimum absolute atomic E-state index is 0.0410. The number of nitrogens with zero attached hydrogens (tertiary/aromatic N) is 3. The van der Waals surface area contributed by atoms with Crippen LogP contribution in [-0.2, 0) is 6.54 Å². The normalized spacial score (nSPS) is 10.9. The van der Waals surface area contributed by atoms with Gasteiger partial charge in [-0.15, -0.1) is 5.10 Å². The largest absolute Gasteiger partial charge is 0.369 e. The van der Waals surface area contributed by atoms with Gasteiger partial charge in [0, 0.05) is 6.54 Å². The lowest BCUT2D eigenvalue weighted by atomic mass is 10.1. The maximum atomic E-state index is 5.16. The first-order valence-electron chi connectivity index (χ1n) is 4.93. The van der Waals surface area contributed by atoms with Crippen LogP contribution in [0.4, 0.5) is 0 Å². The van der Waals surface area contributed by atoms with E-state index >= 15 is 0 Å². The van der Waals surface area contributed by atoms with Crippen LogP contribution >= 0.6 is 0 Å². The molecule has 0 saturated carbocycles. The van der Waals surface area contributed by atoms with Gasteiger partial charge in [0.1, 0.15) is 0 Å². The molecule has 1 rings (SSSR count). The third kappa shape index (κ3) is 4.56. The molecule has 86 valence electrons. The second-order valence-electron chi connectivity index (χ2n) is 3.75. The average molecular weight is 219 g/mol. The molecule has 0 radical (unpaired) electrons. The molecule has 0 aromatic heterocycles. The fourth-order valence-electron chi connectivity index (χ4n) is 1.30. The molecule has 0 bridgehead atoms. The van der Waals surface area contributed by atoms with Crippen LogP contribution in [0, 0.1) is 0 Å². The van der Waals surface area contributed by atoms with Crippen molar-refractivity contribution in [3.8, 4) is 0 Å². The molecule has 1 aromatic carbocycles. The summed E-state index contributed by atoms with van der Waals surface area (Å²) in [5.41, 5.74) is 12.5. The Morgan fingerprint density at radius 1 is 1.38 bits per heavy atom. The number of hydrogen-bond acceptors (Lipinski definition) is 3. The molecule has 0 heterocycles. The molecular weight excluding hydrogens is 202 g/mol. The van der Waals surface area contributed by atoms with Crippen LogP contribution in [0.1, 0.15) is 11.1 Å². The molecule has 0 saturated heterocycles. The smallest absolute Gasteiger partial charge is 0.211 e. The van der Waals surface area contributed by atoms with Gasteiger partial charge in [-0.3, -0.25) is 0 Å². The van der Waals surface area contributed by atoms with Crippen molar-refractivity contribution in [2.24, 2.45) is 21.7 Å². The van der Waals surface area contributed by atoms with E-state index in [9.17, 15) is 0 Å². The van der Waals surface area contributed by atoms with Gasteiger partial charge in [-0.05, 0) is 31.3 Å². The van der Waals surface area contributed by atoms with Gasteiger partial charge in [0.25, 0.3) is 0 Å². The van der Waals surface area contributed by atoms with Crippen LogP contribution in [0.25, 0.3) is 0 Å². The molecule has 0 unspecified atom stereocenters. The van der Waals surface area contributed by atoms with E-state index in [4.69, 9.17) is 11.5 Å². The molecule has 0 aliphatic heterocycles. The Morgan fingerprint density at radius 2 is 2.12 bits per heavy atom. The minimum Gasteiger partial charge on any atom is -0.369 e. The van der Waals surface area contributed by atoms with Crippen molar-refractivity contribution in [2.45, 2.75) is 6.54 Å². The van der Waals surface area contributed by atoms with E-state index in [1.54, 1.807) is 6.21 Å². The third-order valence-electron chi connectivity index (χ3n) is 1.83. The van der Waals surface area contributed by atoms with Gasteiger partial charge < -0.3 is 16.4 Å². The molecule has 16 heavy (non-hydrogen) atoms. The predicted molar refractivity (Wildman–Crippen MR) is 67.2 cm³/mol. The summed E-state index contributed by atoms with van der Waals surface area (Å²) in [4.78, 5) is 2.10. The maximum absolute atomic E-state index is 5.16. The highest BCUT2D eigenvalue weighted by Gasteiger charge is 1.95. The summed E-state index contributed by atoms with van der Waals surface area (Å²) < 4.78 is 0. The summed E-state index contributed by atoms with van der Waals surface area (Å²) in [5, 5.41) is 7.30. The van der Waals surface area contributed by atoms with Crippen LogP contribution in [0.2, 0.25) is 0 Å². The Labute approximate surface area is 95.5 Å². The zero-order valence-electron chi connectivity index (χ0n) is 9.59. The first-order chi connectivity index (χ1) is 7.58. The topological polar surface area (TPSA) is 80.0 Å². The number of hydrogen-bond donors (Lipinski definition) is 2. The summed E-state index contributed by atoms with van der Waals surface area (Å²) in [6, 6.07) is 8.05. The van der Waals surface area contributed by atoms with Crippen molar-refractivity contribution >= 4 is 12.2 Å². The molecule has 0 fully saturated rings. The number of guanidine groups is 1. The van der Waals surface area contributed by atoms with E-state index in [1.165, 1.54) is 5.56 Å². The highest BCUT2D eigenvalue weighted by Crippen LogP contribution is 2.05. The van der Waals surface area contributed by atoms with E-state index in [0.29, 0.717) is 0 Å². The van der Waals surface area contributed by atoms with Crippen molar-refractivity contribution in [3.63, 3.8) is 0 Å². The minimum atomic E-state index is -0.0410. The van der Waals surface area contributed by atoms with E-state index in [-0.39, 0.29) is 5.96 Å². The lowest BCUT2D eigenvalue weighted by Crippen LogP contribution is -2.21. The van der Waals surface area contributed by atoms with Crippen molar-refractivity contribution in [1.29, 1.82) is 0 Å². The average Bonchev–Trinajstić information content (AvgIpc) is 2.16. The fourth-order valence-corrected chi connectivity index (χ4v) is 1.30. The Hall–Kier alpha value is -1.88. The molecule has 0 amide bonds. The molecule has 0 aliphatic carbocycles. The molecule has 0 spiro atoms. The molecule has 0 aliphatic rings. The van der Waals surface area contributed by atoms with Crippen LogP contribution in [0.15, 0.2) is 34.5 Å². The molecule has 4 N–H and O–H groups in total. The van der Waals surface area contributed by atoms with Gasteiger partial charge in [-0.1, -0.05) is 18.2 Å². The highest BCUT2D eigenvalue weighted by atomic mass is 15.3. The SMILES string of the molecule is CN(C)Cc1cccc(C=NN=C(N)N)c1. The summed E-state index contributed by atoms with van der Waals surface area (Å²) in [5.74, 6) is -0.0410.